The molecular weight excluding hydrogens is 156 g/mol. The second kappa shape index (κ2) is 26.1. The molecule has 0 aliphatic heterocycles. The van der Waals surface area contributed by atoms with E-state index in [1.807, 2.05) is 0 Å². The summed E-state index contributed by atoms with van der Waals surface area (Å²) in [6.07, 6.45) is 0. The Balaban J connectivity index is 0. The van der Waals surface area contributed by atoms with Gasteiger partial charge in [-0.15, -0.1) is 0 Å². The Morgan fingerprint density at radius 2 is 1.00 bits per heavy atom. The van der Waals surface area contributed by atoms with Gasteiger partial charge in [0, 0.05) is 35.0 Å². The molecule has 0 fully saturated rings. The molecule has 0 aliphatic rings. The predicted octanol–water partition coefficient (Wildman–Crippen LogP) is 0.270. The Morgan fingerprint density at radius 3 is 1.00 bits per heavy atom. The third-order valence-electron chi connectivity index (χ3n) is 0. The van der Waals surface area contributed by atoms with Crippen molar-refractivity contribution in [2.75, 3.05) is 0 Å². The zero-order chi connectivity index (χ0) is 0. The predicted molar refractivity (Wildman–Crippen MR) is 15.4 cm³/mol. The van der Waals surface area contributed by atoms with Crippen molar-refractivity contribution in [3.63, 3.8) is 0 Å². The second-order valence-corrected chi connectivity index (χ2v) is 0. The normalized spacial score (nSPS) is 0. The molecule has 0 aromatic rings. The van der Waals surface area contributed by atoms with Crippen LogP contribution in [-0.4, -0.2) is 0 Å². The Kier molecular flexibility index (Phi) is 352. The first-order valence-corrected chi connectivity index (χ1v) is 0. The third-order valence-corrected chi connectivity index (χ3v) is 0. The van der Waals surface area contributed by atoms with Gasteiger partial charge in [0.05, 0.1) is 0 Å². The molecule has 0 aromatic carbocycles. The Morgan fingerprint density at radius 1 is 1.00 bits per heavy atom. The van der Waals surface area contributed by atoms with E-state index in [0.29, 0.717) is 0 Å². The molecular formula is H5NNiSV. The van der Waals surface area contributed by atoms with Gasteiger partial charge in [0.15, 0.2) is 0 Å². The molecule has 0 saturated carbocycles. The van der Waals surface area contributed by atoms with Gasteiger partial charge in [0.25, 0.3) is 0 Å². The van der Waals surface area contributed by atoms with E-state index < -0.39 is 0 Å². The molecule has 1 radical (unpaired) electrons. The van der Waals surface area contributed by atoms with Crippen LogP contribution < -0.4 is 6.15 Å². The molecule has 31 valence electrons. The fourth-order valence-electron chi connectivity index (χ4n) is 0. The van der Waals surface area contributed by atoms with Crippen molar-refractivity contribution in [2.45, 2.75) is 0 Å². The summed E-state index contributed by atoms with van der Waals surface area (Å²) in [5, 5.41) is 0. The molecule has 0 aliphatic carbocycles. The summed E-state index contributed by atoms with van der Waals surface area (Å²) in [5.74, 6) is 0. The van der Waals surface area contributed by atoms with Crippen LogP contribution in [0.4, 0.5) is 0 Å². The maximum absolute atomic E-state index is 0. The van der Waals surface area contributed by atoms with E-state index in [-0.39, 0.29) is 54.7 Å². The van der Waals surface area contributed by atoms with Crippen molar-refractivity contribution in [3.05, 3.63) is 0 Å². The molecule has 0 heterocycles. The van der Waals surface area contributed by atoms with Gasteiger partial charge < -0.3 is 6.15 Å². The average molecular weight is 161 g/mol. The van der Waals surface area contributed by atoms with Crippen molar-refractivity contribution in [2.24, 2.45) is 0 Å². The maximum atomic E-state index is 0. The van der Waals surface area contributed by atoms with Gasteiger partial charge in [-0.05, 0) is 0 Å². The molecule has 0 saturated heterocycles. The summed E-state index contributed by atoms with van der Waals surface area (Å²) in [5.41, 5.74) is 0. The molecule has 0 aromatic heterocycles. The molecule has 4 heavy (non-hydrogen) atoms. The van der Waals surface area contributed by atoms with Gasteiger partial charge in [-0.3, -0.25) is 0 Å². The van der Waals surface area contributed by atoms with Crippen molar-refractivity contribution in [1.82, 2.24) is 6.15 Å². The van der Waals surface area contributed by atoms with E-state index in [1.54, 1.807) is 0 Å². The first-order valence-electron chi connectivity index (χ1n) is 0. The van der Waals surface area contributed by atoms with Crippen molar-refractivity contribution >= 4 is 13.5 Å². The SMILES string of the molecule is N.S.[Ni].[V]. The van der Waals surface area contributed by atoms with Gasteiger partial charge in [0.1, 0.15) is 0 Å². The van der Waals surface area contributed by atoms with E-state index in [9.17, 15) is 0 Å². The Labute approximate surface area is 54.8 Å². The summed E-state index contributed by atoms with van der Waals surface area (Å²) in [6.45, 7) is 0. The first kappa shape index (κ1) is 53.9. The Hall–Kier alpha value is 1.39. The minimum Gasteiger partial charge on any atom is -0.344 e. The van der Waals surface area contributed by atoms with Crippen LogP contribution in [-0.2, 0) is 35.0 Å². The summed E-state index contributed by atoms with van der Waals surface area (Å²) >= 11 is 0. The van der Waals surface area contributed by atoms with Crippen molar-refractivity contribution < 1.29 is 35.0 Å². The molecule has 0 unspecified atom stereocenters. The topological polar surface area (TPSA) is 35.0 Å². The van der Waals surface area contributed by atoms with Crippen LogP contribution in [0, 0.1) is 0 Å². The van der Waals surface area contributed by atoms with Gasteiger partial charge in [-0.2, -0.15) is 13.5 Å². The first-order chi connectivity index (χ1) is 0. The Bertz CT molecular complexity index is 8.00. The quantitative estimate of drug-likeness (QED) is 0.508. The van der Waals surface area contributed by atoms with Crippen LogP contribution in [0.3, 0.4) is 0 Å². The molecule has 0 amide bonds. The molecule has 4 heteroatoms. The van der Waals surface area contributed by atoms with Crippen LogP contribution >= 0.6 is 13.5 Å². The molecule has 0 bridgehead atoms. The van der Waals surface area contributed by atoms with Gasteiger partial charge in [0.2, 0.25) is 0 Å². The summed E-state index contributed by atoms with van der Waals surface area (Å²) in [6, 6.07) is 0. The van der Waals surface area contributed by atoms with Gasteiger partial charge in [-0.25, -0.2) is 0 Å². The zero-order valence-electron chi connectivity index (χ0n) is 1.97. The minimum absolute atomic E-state index is 0. The average Bonchev–Trinajstić information content (AvgIpc) is 0. The molecule has 0 spiro atoms. The monoisotopic (exact) mass is 160 g/mol. The maximum Gasteiger partial charge on any atom is 0 e. The fraction of sp³-hybridized carbons (Fsp3) is 0. The van der Waals surface area contributed by atoms with Crippen LogP contribution in [0.5, 0.6) is 0 Å². The van der Waals surface area contributed by atoms with E-state index in [0.717, 1.165) is 0 Å². The number of hydrogen-bond donors (Lipinski definition) is 1. The summed E-state index contributed by atoms with van der Waals surface area (Å²) in [4.78, 5) is 0. The fourth-order valence-corrected chi connectivity index (χ4v) is 0. The standard InChI is InChI=1S/H3N.Ni.H2S.V/h1H3;;1H2;. The van der Waals surface area contributed by atoms with Crippen LogP contribution in [0.15, 0.2) is 0 Å². The minimum atomic E-state index is 0. The van der Waals surface area contributed by atoms with Crippen LogP contribution in [0.2, 0.25) is 0 Å². The third kappa shape index (κ3) is 10.0. The molecule has 0 atom stereocenters. The molecule has 1 nitrogen and oxygen atoms in total. The largest absolute Gasteiger partial charge is 0.344 e. The van der Waals surface area contributed by atoms with Crippen LogP contribution in [0.1, 0.15) is 0 Å². The number of rotatable bonds is 0. The van der Waals surface area contributed by atoms with E-state index in [1.165, 1.54) is 0 Å². The van der Waals surface area contributed by atoms with E-state index in [4.69, 9.17) is 0 Å². The zero-order valence-corrected chi connectivity index (χ0v) is 5.35. The molecule has 0 rings (SSSR count). The molecule has 3 N–H and O–H groups in total. The smallest absolute Gasteiger partial charge is 0 e. The van der Waals surface area contributed by atoms with Crippen molar-refractivity contribution in [3.8, 4) is 0 Å². The van der Waals surface area contributed by atoms with Gasteiger partial charge in [-0.1, -0.05) is 0 Å². The number of hydrogen-bond acceptors (Lipinski definition) is 1. The summed E-state index contributed by atoms with van der Waals surface area (Å²) in [7, 11) is 0. The van der Waals surface area contributed by atoms with Crippen LogP contribution in [0.25, 0.3) is 0 Å². The van der Waals surface area contributed by atoms with E-state index >= 15 is 0 Å². The van der Waals surface area contributed by atoms with Crippen molar-refractivity contribution in [1.29, 1.82) is 0 Å². The second-order valence-electron chi connectivity index (χ2n) is 0. The van der Waals surface area contributed by atoms with E-state index in [2.05, 4.69) is 0 Å². The summed E-state index contributed by atoms with van der Waals surface area (Å²) < 4.78 is 0. The van der Waals surface area contributed by atoms with Gasteiger partial charge >= 0.3 is 0 Å².